The zero-order valence-electron chi connectivity index (χ0n) is 12.3. The van der Waals surface area contributed by atoms with Gasteiger partial charge < -0.3 is 10.2 Å². The predicted molar refractivity (Wildman–Crippen MR) is 88.5 cm³/mol. The smallest absolute Gasteiger partial charge is 0.154 e. The Labute approximate surface area is 137 Å². The van der Waals surface area contributed by atoms with E-state index in [-0.39, 0.29) is 5.82 Å². The molecule has 1 aliphatic rings. The summed E-state index contributed by atoms with van der Waals surface area (Å²) in [5, 5.41) is 7.83. The van der Waals surface area contributed by atoms with E-state index >= 15 is 0 Å². The number of piperazine rings is 1. The number of halogens is 2. The fourth-order valence-corrected chi connectivity index (χ4v) is 3.00. The van der Waals surface area contributed by atoms with Gasteiger partial charge in [0.2, 0.25) is 0 Å². The summed E-state index contributed by atoms with van der Waals surface area (Å²) in [6, 6.07) is 8.71. The number of benzene rings is 1. The molecule has 118 valence electrons. The predicted octanol–water partition coefficient (Wildman–Crippen LogP) is 2.60. The second-order valence-corrected chi connectivity index (χ2v) is 5.86. The first-order valence-corrected chi connectivity index (χ1v) is 7.86. The number of nitrogens with one attached hydrogen (secondary N) is 1. The van der Waals surface area contributed by atoms with Crippen molar-refractivity contribution in [1.82, 2.24) is 19.9 Å². The molecule has 1 N–H and O–H groups in total. The van der Waals surface area contributed by atoms with Crippen molar-refractivity contribution in [3.8, 4) is 11.3 Å². The van der Waals surface area contributed by atoms with Crippen LogP contribution in [0.3, 0.4) is 0 Å². The summed E-state index contributed by atoms with van der Waals surface area (Å²) in [6.45, 7) is 3.59. The molecule has 0 amide bonds. The average Bonchev–Trinajstić information content (AvgIpc) is 2.98. The molecule has 0 aliphatic carbocycles. The van der Waals surface area contributed by atoms with Crippen LogP contribution in [0.25, 0.3) is 16.9 Å². The van der Waals surface area contributed by atoms with E-state index in [0.717, 1.165) is 31.9 Å². The Balaban J connectivity index is 1.75. The molecule has 0 atom stereocenters. The molecule has 0 bridgehead atoms. The summed E-state index contributed by atoms with van der Waals surface area (Å²) in [6.07, 6.45) is 1.61. The molecule has 7 heteroatoms. The van der Waals surface area contributed by atoms with Crippen LogP contribution >= 0.6 is 11.6 Å². The zero-order valence-corrected chi connectivity index (χ0v) is 13.1. The molecule has 0 radical (unpaired) electrons. The van der Waals surface area contributed by atoms with Crippen LogP contribution in [-0.4, -0.2) is 40.8 Å². The Bertz CT molecular complexity index is 857. The van der Waals surface area contributed by atoms with E-state index in [4.69, 9.17) is 11.6 Å². The van der Waals surface area contributed by atoms with E-state index in [2.05, 4.69) is 20.3 Å². The second-order valence-electron chi connectivity index (χ2n) is 5.47. The van der Waals surface area contributed by atoms with E-state index < -0.39 is 0 Å². The van der Waals surface area contributed by atoms with Gasteiger partial charge in [0.1, 0.15) is 11.0 Å². The third-order valence-electron chi connectivity index (χ3n) is 4.04. The zero-order chi connectivity index (χ0) is 15.8. The van der Waals surface area contributed by atoms with Gasteiger partial charge in [0, 0.05) is 37.4 Å². The maximum absolute atomic E-state index is 14.7. The quantitative estimate of drug-likeness (QED) is 0.784. The van der Waals surface area contributed by atoms with Gasteiger partial charge >= 0.3 is 0 Å². The maximum atomic E-state index is 14.7. The lowest BCUT2D eigenvalue weighted by Crippen LogP contribution is -2.43. The number of hydrogen-bond acceptors (Lipinski definition) is 4. The number of rotatable bonds is 2. The summed E-state index contributed by atoms with van der Waals surface area (Å²) in [5.41, 5.74) is 2.58. The van der Waals surface area contributed by atoms with Crippen molar-refractivity contribution >= 4 is 22.9 Å². The summed E-state index contributed by atoms with van der Waals surface area (Å²) in [4.78, 5) is 6.42. The number of fused-ring (bicyclic) bond motifs is 1. The van der Waals surface area contributed by atoms with E-state index in [0.29, 0.717) is 22.1 Å². The normalized spacial score (nSPS) is 15.3. The van der Waals surface area contributed by atoms with Gasteiger partial charge in [0.05, 0.1) is 11.9 Å². The molecule has 1 aliphatic heterocycles. The molecule has 4 rings (SSSR count). The van der Waals surface area contributed by atoms with Crippen molar-refractivity contribution in [2.24, 2.45) is 0 Å². The van der Waals surface area contributed by atoms with Crippen LogP contribution in [0, 0.1) is 5.82 Å². The Morgan fingerprint density at radius 3 is 2.74 bits per heavy atom. The van der Waals surface area contributed by atoms with Gasteiger partial charge in [-0.2, -0.15) is 5.10 Å². The van der Waals surface area contributed by atoms with Crippen molar-refractivity contribution in [2.75, 3.05) is 31.1 Å². The van der Waals surface area contributed by atoms with Gasteiger partial charge in [-0.15, -0.1) is 0 Å². The summed E-state index contributed by atoms with van der Waals surface area (Å²) < 4.78 is 16.2. The Morgan fingerprint density at radius 2 is 1.96 bits per heavy atom. The lowest BCUT2D eigenvalue weighted by atomic mass is 10.1. The topological polar surface area (TPSA) is 45.5 Å². The van der Waals surface area contributed by atoms with E-state index in [1.165, 1.54) is 0 Å². The van der Waals surface area contributed by atoms with Crippen LogP contribution in [-0.2, 0) is 0 Å². The fourth-order valence-electron chi connectivity index (χ4n) is 2.87. The first-order valence-electron chi connectivity index (χ1n) is 7.48. The van der Waals surface area contributed by atoms with E-state index in [1.54, 1.807) is 35.0 Å². The van der Waals surface area contributed by atoms with Gasteiger partial charge in [-0.1, -0.05) is 11.6 Å². The minimum Gasteiger partial charge on any atom is -0.369 e. The van der Waals surface area contributed by atoms with Crippen LogP contribution in [0.5, 0.6) is 0 Å². The Kier molecular flexibility index (Phi) is 3.63. The molecule has 0 unspecified atom stereocenters. The van der Waals surface area contributed by atoms with Gasteiger partial charge in [0.15, 0.2) is 5.65 Å². The summed E-state index contributed by atoms with van der Waals surface area (Å²) in [5.74, 6) is -0.287. The second kappa shape index (κ2) is 5.79. The van der Waals surface area contributed by atoms with Crippen LogP contribution in [0.1, 0.15) is 0 Å². The molecular weight excluding hydrogens is 317 g/mol. The number of anilines is 1. The van der Waals surface area contributed by atoms with Crippen LogP contribution < -0.4 is 10.2 Å². The van der Waals surface area contributed by atoms with E-state index in [1.807, 2.05) is 6.07 Å². The average molecular weight is 332 g/mol. The first-order chi connectivity index (χ1) is 11.2. The molecule has 1 fully saturated rings. The highest BCUT2D eigenvalue weighted by molar-refractivity contribution is 6.29. The monoisotopic (exact) mass is 331 g/mol. The minimum absolute atomic E-state index is 0.287. The molecular formula is C16H15ClFN5. The molecule has 0 saturated carbocycles. The highest BCUT2D eigenvalue weighted by atomic mass is 35.5. The standard InChI is InChI=1S/C16H15ClFN5/c17-15-3-4-16-20-10-14(23(16)21-15)12-2-1-11(9-13(12)18)22-7-5-19-6-8-22/h1-4,9-10,19H,5-8H2. The molecule has 1 aromatic carbocycles. The van der Waals surface area contributed by atoms with Gasteiger partial charge in [0.25, 0.3) is 0 Å². The Morgan fingerprint density at radius 1 is 1.13 bits per heavy atom. The van der Waals surface area contributed by atoms with Crippen molar-refractivity contribution in [3.05, 3.63) is 47.5 Å². The number of imidazole rings is 1. The van der Waals surface area contributed by atoms with Gasteiger partial charge in [-0.3, -0.25) is 0 Å². The lowest BCUT2D eigenvalue weighted by molar-refractivity contribution is 0.585. The highest BCUT2D eigenvalue weighted by Gasteiger charge is 2.16. The van der Waals surface area contributed by atoms with E-state index in [9.17, 15) is 4.39 Å². The van der Waals surface area contributed by atoms with Crippen LogP contribution in [0.4, 0.5) is 10.1 Å². The largest absolute Gasteiger partial charge is 0.369 e. The minimum atomic E-state index is -0.287. The molecule has 3 aromatic rings. The Hall–Kier alpha value is -2.18. The molecule has 2 aromatic heterocycles. The summed E-state index contributed by atoms with van der Waals surface area (Å²) >= 11 is 5.94. The van der Waals surface area contributed by atoms with Crippen molar-refractivity contribution < 1.29 is 4.39 Å². The van der Waals surface area contributed by atoms with Crippen molar-refractivity contribution in [2.45, 2.75) is 0 Å². The number of hydrogen-bond donors (Lipinski definition) is 1. The molecule has 3 heterocycles. The molecule has 5 nitrogen and oxygen atoms in total. The lowest BCUT2D eigenvalue weighted by Gasteiger charge is -2.29. The third-order valence-corrected chi connectivity index (χ3v) is 4.24. The third kappa shape index (κ3) is 2.64. The maximum Gasteiger partial charge on any atom is 0.154 e. The SMILES string of the molecule is Fc1cc(N2CCNCC2)ccc1-c1cnc2ccc(Cl)nn12. The number of nitrogens with zero attached hydrogens (tertiary/aromatic N) is 4. The van der Waals surface area contributed by atoms with Crippen LogP contribution in [0.15, 0.2) is 36.5 Å². The van der Waals surface area contributed by atoms with Crippen molar-refractivity contribution in [3.63, 3.8) is 0 Å². The molecule has 0 spiro atoms. The van der Waals surface area contributed by atoms with Crippen LogP contribution in [0.2, 0.25) is 5.15 Å². The number of aromatic nitrogens is 3. The molecule has 23 heavy (non-hydrogen) atoms. The molecule has 1 saturated heterocycles. The fraction of sp³-hybridized carbons (Fsp3) is 0.250. The van der Waals surface area contributed by atoms with Gasteiger partial charge in [-0.25, -0.2) is 13.9 Å². The first kappa shape index (κ1) is 14.4. The van der Waals surface area contributed by atoms with Gasteiger partial charge in [-0.05, 0) is 30.3 Å². The highest BCUT2D eigenvalue weighted by Crippen LogP contribution is 2.27. The van der Waals surface area contributed by atoms with Crippen molar-refractivity contribution in [1.29, 1.82) is 0 Å². The summed E-state index contributed by atoms with van der Waals surface area (Å²) in [7, 11) is 0.